The minimum atomic E-state index is -0.600. The molecule has 1 N–H and O–H groups in total. The van der Waals surface area contributed by atoms with Crippen molar-refractivity contribution in [2.24, 2.45) is 17.8 Å². The van der Waals surface area contributed by atoms with Crippen molar-refractivity contribution in [3.05, 3.63) is 0 Å². The molecule has 1 aliphatic carbocycles. The predicted molar refractivity (Wildman–Crippen MR) is 47.9 cm³/mol. The highest BCUT2D eigenvalue weighted by molar-refractivity contribution is 5.69. The molecule has 2 heteroatoms. The monoisotopic (exact) mass is 170 g/mol. The lowest BCUT2D eigenvalue weighted by molar-refractivity contribution is -0.143. The molecule has 1 rings (SSSR count). The van der Waals surface area contributed by atoms with Crippen LogP contribution >= 0.6 is 0 Å². The summed E-state index contributed by atoms with van der Waals surface area (Å²) in [4.78, 5) is 10.6. The van der Waals surface area contributed by atoms with Gasteiger partial charge >= 0.3 is 5.97 Å². The first-order valence-corrected chi connectivity index (χ1v) is 4.84. The van der Waals surface area contributed by atoms with Gasteiger partial charge in [0, 0.05) is 0 Å². The third-order valence-corrected chi connectivity index (χ3v) is 3.06. The Morgan fingerprint density at radius 3 is 2.08 bits per heavy atom. The maximum Gasteiger partial charge on any atom is 0.306 e. The van der Waals surface area contributed by atoms with Crippen LogP contribution in [0.3, 0.4) is 0 Å². The maximum absolute atomic E-state index is 10.6. The lowest BCUT2D eigenvalue weighted by Gasteiger charge is -2.28. The summed E-state index contributed by atoms with van der Waals surface area (Å²) in [5.74, 6) is 0.831. The highest BCUT2D eigenvalue weighted by Crippen LogP contribution is 2.33. The van der Waals surface area contributed by atoms with E-state index in [1.54, 1.807) is 0 Å². The topological polar surface area (TPSA) is 37.3 Å². The van der Waals surface area contributed by atoms with Gasteiger partial charge < -0.3 is 5.11 Å². The van der Waals surface area contributed by atoms with Crippen LogP contribution in [0.2, 0.25) is 0 Å². The summed E-state index contributed by atoms with van der Waals surface area (Å²) in [6, 6.07) is 0. The van der Waals surface area contributed by atoms with E-state index in [9.17, 15) is 4.79 Å². The lowest BCUT2D eigenvalue weighted by atomic mass is 9.77. The van der Waals surface area contributed by atoms with Crippen molar-refractivity contribution in [1.82, 2.24) is 0 Å². The Hall–Kier alpha value is -0.530. The molecule has 0 aromatic carbocycles. The fourth-order valence-electron chi connectivity index (χ4n) is 2.03. The molecule has 0 aliphatic heterocycles. The molecule has 0 atom stereocenters. The van der Waals surface area contributed by atoms with Crippen LogP contribution in [0, 0.1) is 17.8 Å². The first kappa shape index (κ1) is 9.56. The van der Waals surface area contributed by atoms with Crippen LogP contribution in [0.1, 0.15) is 39.5 Å². The van der Waals surface area contributed by atoms with Gasteiger partial charge in [-0.25, -0.2) is 0 Å². The van der Waals surface area contributed by atoms with Crippen molar-refractivity contribution in [1.29, 1.82) is 0 Å². The molecular weight excluding hydrogens is 152 g/mol. The minimum absolute atomic E-state index is 0.0556. The number of hydrogen-bond acceptors (Lipinski definition) is 1. The number of aliphatic carboxylic acids is 1. The van der Waals surface area contributed by atoms with Gasteiger partial charge in [0.05, 0.1) is 5.92 Å². The Balaban J connectivity index is 2.34. The van der Waals surface area contributed by atoms with E-state index in [0.29, 0.717) is 0 Å². The van der Waals surface area contributed by atoms with Crippen molar-refractivity contribution < 1.29 is 9.90 Å². The van der Waals surface area contributed by atoms with E-state index in [1.807, 2.05) is 0 Å². The van der Waals surface area contributed by atoms with Crippen LogP contribution < -0.4 is 0 Å². The molecule has 12 heavy (non-hydrogen) atoms. The van der Waals surface area contributed by atoms with E-state index in [1.165, 1.54) is 0 Å². The highest BCUT2D eigenvalue weighted by atomic mass is 16.4. The van der Waals surface area contributed by atoms with Gasteiger partial charge in [-0.15, -0.1) is 0 Å². The van der Waals surface area contributed by atoms with Crippen molar-refractivity contribution in [3.63, 3.8) is 0 Å². The van der Waals surface area contributed by atoms with Gasteiger partial charge in [0.1, 0.15) is 0 Å². The molecule has 70 valence electrons. The molecule has 0 unspecified atom stereocenters. The third-order valence-electron chi connectivity index (χ3n) is 3.06. The number of rotatable bonds is 2. The Bertz CT molecular complexity index is 155. The quantitative estimate of drug-likeness (QED) is 0.691. The van der Waals surface area contributed by atoms with E-state index in [0.717, 1.165) is 37.5 Å². The van der Waals surface area contributed by atoms with Crippen LogP contribution in [-0.2, 0) is 4.79 Å². The Morgan fingerprint density at radius 2 is 1.75 bits per heavy atom. The average Bonchev–Trinajstić information content (AvgIpc) is 2.04. The van der Waals surface area contributed by atoms with Crippen LogP contribution in [-0.4, -0.2) is 11.1 Å². The summed E-state index contributed by atoms with van der Waals surface area (Å²) in [6.07, 6.45) is 3.99. The van der Waals surface area contributed by atoms with Gasteiger partial charge in [-0.05, 0) is 37.5 Å². The molecule has 1 fully saturated rings. The second-order valence-corrected chi connectivity index (χ2v) is 4.19. The maximum atomic E-state index is 10.6. The first-order valence-electron chi connectivity index (χ1n) is 4.84. The molecule has 0 radical (unpaired) electrons. The molecule has 0 aromatic rings. The largest absolute Gasteiger partial charge is 0.481 e. The molecule has 0 spiro atoms. The number of hydrogen-bond donors (Lipinski definition) is 1. The third kappa shape index (κ3) is 2.23. The molecule has 0 bridgehead atoms. The summed E-state index contributed by atoms with van der Waals surface area (Å²) < 4.78 is 0. The summed E-state index contributed by atoms with van der Waals surface area (Å²) >= 11 is 0. The Morgan fingerprint density at radius 1 is 1.25 bits per heavy atom. The van der Waals surface area contributed by atoms with Gasteiger partial charge in [0.15, 0.2) is 0 Å². The van der Waals surface area contributed by atoms with E-state index >= 15 is 0 Å². The highest BCUT2D eigenvalue weighted by Gasteiger charge is 2.26. The minimum Gasteiger partial charge on any atom is -0.481 e. The van der Waals surface area contributed by atoms with Gasteiger partial charge in [0.25, 0.3) is 0 Å². The fourth-order valence-corrected chi connectivity index (χ4v) is 2.03. The lowest BCUT2D eigenvalue weighted by Crippen LogP contribution is -2.23. The van der Waals surface area contributed by atoms with E-state index in [-0.39, 0.29) is 5.92 Å². The van der Waals surface area contributed by atoms with Crippen molar-refractivity contribution in [2.75, 3.05) is 0 Å². The second-order valence-electron chi connectivity index (χ2n) is 4.19. The molecule has 0 saturated heterocycles. The van der Waals surface area contributed by atoms with Gasteiger partial charge in [-0.1, -0.05) is 13.8 Å². The molecule has 0 aromatic heterocycles. The zero-order valence-electron chi connectivity index (χ0n) is 7.92. The van der Waals surface area contributed by atoms with E-state index in [2.05, 4.69) is 13.8 Å². The van der Waals surface area contributed by atoms with Gasteiger partial charge in [-0.3, -0.25) is 4.79 Å². The second kappa shape index (κ2) is 3.92. The first-order chi connectivity index (χ1) is 5.61. The summed E-state index contributed by atoms with van der Waals surface area (Å²) in [7, 11) is 0. The van der Waals surface area contributed by atoms with Gasteiger partial charge in [0.2, 0.25) is 0 Å². The van der Waals surface area contributed by atoms with Crippen molar-refractivity contribution >= 4 is 5.97 Å². The zero-order valence-corrected chi connectivity index (χ0v) is 7.92. The number of carbonyl (C=O) groups is 1. The molecule has 1 aliphatic rings. The van der Waals surface area contributed by atoms with Crippen LogP contribution in [0.4, 0.5) is 0 Å². The summed E-state index contributed by atoms with van der Waals surface area (Å²) in [5, 5.41) is 8.76. The zero-order chi connectivity index (χ0) is 9.14. The smallest absolute Gasteiger partial charge is 0.306 e. The van der Waals surface area contributed by atoms with Crippen LogP contribution in [0.25, 0.3) is 0 Å². The standard InChI is InChI=1S/C10H18O2/c1-7(2)8-3-5-9(6-4-8)10(11)12/h7-9H,3-6H2,1-2H3,(H,11,12)/t8-,9+. The SMILES string of the molecule is CC(C)[C@H]1CC[C@@H](C(=O)O)CC1. The van der Waals surface area contributed by atoms with Gasteiger partial charge in [-0.2, -0.15) is 0 Å². The summed E-state index contributed by atoms with van der Waals surface area (Å²) in [5.41, 5.74) is 0. The van der Waals surface area contributed by atoms with E-state index < -0.39 is 5.97 Å². The Kier molecular flexibility index (Phi) is 3.12. The van der Waals surface area contributed by atoms with Crippen LogP contribution in [0.5, 0.6) is 0 Å². The molecule has 2 nitrogen and oxygen atoms in total. The molecule has 0 amide bonds. The summed E-state index contributed by atoms with van der Waals surface area (Å²) in [6.45, 7) is 4.46. The molecule has 0 heterocycles. The normalized spacial score (nSPS) is 30.6. The number of carboxylic acids is 1. The van der Waals surface area contributed by atoms with E-state index in [4.69, 9.17) is 5.11 Å². The van der Waals surface area contributed by atoms with Crippen molar-refractivity contribution in [2.45, 2.75) is 39.5 Å². The Labute approximate surface area is 74.0 Å². The predicted octanol–water partition coefficient (Wildman–Crippen LogP) is 2.53. The number of carboxylic acid groups (broad SMARTS) is 1. The average molecular weight is 170 g/mol. The van der Waals surface area contributed by atoms with Crippen molar-refractivity contribution in [3.8, 4) is 0 Å². The van der Waals surface area contributed by atoms with Crippen LogP contribution in [0.15, 0.2) is 0 Å². The molecule has 1 saturated carbocycles. The fraction of sp³-hybridized carbons (Fsp3) is 0.900. The molecular formula is C10H18O2.